The lowest BCUT2D eigenvalue weighted by Gasteiger charge is -2.21. The van der Waals surface area contributed by atoms with E-state index in [1.165, 1.54) is 0 Å². The summed E-state index contributed by atoms with van der Waals surface area (Å²) in [5.41, 5.74) is 0. The third kappa shape index (κ3) is 2.57. The van der Waals surface area contributed by atoms with Crippen molar-refractivity contribution in [3.05, 3.63) is 0 Å². The van der Waals surface area contributed by atoms with Crippen LogP contribution >= 0.6 is 0 Å². The Balaban J connectivity index is 1.88. The van der Waals surface area contributed by atoms with Crippen molar-refractivity contribution < 1.29 is 26.7 Å². The van der Waals surface area contributed by atoms with Gasteiger partial charge in [0.15, 0.2) is 0 Å². The molecule has 0 aromatic heterocycles. The lowest BCUT2D eigenvalue weighted by atomic mass is 10.2. The van der Waals surface area contributed by atoms with Gasteiger partial charge in [-0.15, -0.1) is 0 Å². The van der Waals surface area contributed by atoms with E-state index < -0.39 is 24.0 Å². The van der Waals surface area contributed by atoms with Gasteiger partial charge in [-0.1, -0.05) is 0 Å². The van der Waals surface area contributed by atoms with Crippen molar-refractivity contribution in [3.63, 3.8) is 0 Å². The fourth-order valence-corrected chi connectivity index (χ4v) is 2.08. The molecular formula is C10H13F5N2O. The molecular weight excluding hydrogens is 259 g/mol. The first-order valence-corrected chi connectivity index (χ1v) is 5.71. The minimum atomic E-state index is -5.84. The molecule has 1 saturated heterocycles. The van der Waals surface area contributed by atoms with E-state index in [9.17, 15) is 26.7 Å². The van der Waals surface area contributed by atoms with Crippen LogP contribution in [0.25, 0.3) is 0 Å². The van der Waals surface area contributed by atoms with E-state index in [4.69, 9.17) is 0 Å². The average molecular weight is 272 g/mol. The maximum atomic E-state index is 12.7. The van der Waals surface area contributed by atoms with E-state index in [2.05, 4.69) is 0 Å². The smallest absolute Gasteiger partial charge is 0.346 e. The number of hydrogen-bond donors (Lipinski definition) is 1. The summed E-state index contributed by atoms with van der Waals surface area (Å²) in [5.74, 6) is -7.57. The molecule has 0 aromatic carbocycles. The number of carbonyl (C=O) groups excluding carboxylic acids is 1. The first-order chi connectivity index (χ1) is 8.22. The highest BCUT2D eigenvalue weighted by Crippen LogP contribution is 2.36. The van der Waals surface area contributed by atoms with Crippen molar-refractivity contribution in [2.75, 3.05) is 13.1 Å². The summed E-state index contributed by atoms with van der Waals surface area (Å²) in [5, 5.41) is 1.79. The molecule has 2 aliphatic rings. The quantitative estimate of drug-likeness (QED) is 0.790. The molecule has 3 nitrogen and oxygen atoms in total. The summed E-state index contributed by atoms with van der Waals surface area (Å²) < 4.78 is 61.2. The van der Waals surface area contributed by atoms with E-state index in [0.717, 1.165) is 12.8 Å². The number of amides is 1. The highest BCUT2D eigenvalue weighted by Gasteiger charge is 2.63. The molecule has 0 radical (unpaired) electrons. The molecule has 0 spiro atoms. The molecule has 1 heterocycles. The Kier molecular flexibility index (Phi) is 3.25. The van der Waals surface area contributed by atoms with Crippen molar-refractivity contribution in [2.45, 2.75) is 43.4 Å². The average Bonchev–Trinajstić information content (AvgIpc) is 2.98. The number of carbonyl (C=O) groups is 1. The van der Waals surface area contributed by atoms with Crippen LogP contribution in [0, 0.1) is 0 Å². The van der Waals surface area contributed by atoms with Gasteiger partial charge >= 0.3 is 18.0 Å². The number of nitrogens with zero attached hydrogens (tertiary/aromatic N) is 1. The summed E-state index contributed by atoms with van der Waals surface area (Å²) in [6.07, 6.45) is -3.37. The molecule has 8 heteroatoms. The second-order valence-electron chi connectivity index (χ2n) is 4.76. The Hall–Kier alpha value is -0.920. The normalized spacial score (nSPS) is 26.4. The minimum absolute atomic E-state index is 0.352. The van der Waals surface area contributed by atoms with Crippen LogP contribution in [0.4, 0.5) is 22.0 Å². The highest BCUT2D eigenvalue weighted by molar-refractivity contribution is 5.84. The highest BCUT2D eigenvalue weighted by atomic mass is 19.4. The van der Waals surface area contributed by atoms with Crippen LogP contribution in [-0.4, -0.2) is 48.1 Å². The summed E-state index contributed by atoms with van der Waals surface area (Å²) in [6, 6.07) is -0.207. The second-order valence-corrected chi connectivity index (χ2v) is 4.76. The summed E-state index contributed by atoms with van der Waals surface area (Å²) >= 11 is 0. The molecule has 18 heavy (non-hydrogen) atoms. The third-order valence-corrected chi connectivity index (χ3v) is 3.26. The molecule has 1 amide bonds. The summed E-state index contributed by atoms with van der Waals surface area (Å²) in [4.78, 5) is 13.0. The Labute approximate surface area is 100 Å². The molecule has 2 rings (SSSR count). The zero-order valence-corrected chi connectivity index (χ0v) is 9.44. The van der Waals surface area contributed by atoms with E-state index >= 15 is 0 Å². The van der Waals surface area contributed by atoms with E-state index in [1.807, 2.05) is 4.90 Å². The van der Waals surface area contributed by atoms with Gasteiger partial charge in [0.05, 0.1) is 0 Å². The Morgan fingerprint density at radius 2 is 1.72 bits per heavy atom. The summed E-state index contributed by atoms with van der Waals surface area (Å²) in [6.45, 7) is 0.984. The molecule has 1 atom stereocenters. The van der Waals surface area contributed by atoms with Gasteiger partial charge in [0, 0.05) is 25.2 Å². The van der Waals surface area contributed by atoms with Crippen LogP contribution in [0.3, 0.4) is 0 Å². The maximum absolute atomic E-state index is 12.7. The first-order valence-electron chi connectivity index (χ1n) is 5.71. The molecule has 1 aliphatic carbocycles. The Morgan fingerprint density at radius 3 is 2.22 bits per heavy atom. The molecule has 0 bridgehead atoms. The van der Waals surface area contributed by atoms with Crippen LogP contribution < -0.4 is 5.32 Å². The van der Waals surface area contributed by atoms with E-state index in [0.29, 0.717) is 25.6 Å². The number of alkyl halides is 5. The van der Waals surface area contributed by atoms with Crippen LogP contribution in [-0.2, 0) is 4.79 Å². The molecule has 2 fully saturated rings. The zero-order chi connectivity index (χ0) is 13.6. The van der Waals surface area contributed by atoms with Crippen molar-refractivity contribution in [3.8, 4) is 0 Å². The monoisotopic (exact) mass is 272 g/mol. The number of halogens is 5. The largest absolute Gasteiger partial charge is 0.463 e. The third-order valence-electron chi connectivity index (χ3n) is 3.26. The van der Waals surface area contributed by atoms with Gasteiger partial charge in [0.25, 0.3) is 0 Å². The maximum Gasteiger partial charge on any atom is 0.463 e. The molecule has 1 unspecified atom stereocenters. The van der Waals surface area contributed by atoms with Gasteiger partial charge in [-0.25, -0.2) is 0 Å². The molecule has 0 aromatic rings. The predicted molar refractivity (Wildman–Crippen MR) is 52.1 cm³/mol. The summed E-state index contributed by atoms with van der Waals surface area (Å²) in [7, 11) is 0. The lowest BCUT2D eigenvalue weighted by molar-refractivity contribution is -0.270. The fourth-order valence-electron chi connectivity index (χ4n) is 2.08. The van der Waals surface area contributed by atoms with Crippen molar-refractivity contribution in [1.82, 2.24) is 10.2 Å². The fraction of sp³-hybridized carbons (Fsp3) is 0.900. The van der Waals surface area contributed by atoms with Gasteiger partial charge in [0.2, 0.25) is 0 Å². The predicted octanol–water partition coefficient (Wildman–Crippen LogP) is 1.54. The second kappa shape index (κ2) is 4.32. The molecule has 1 aliphatic heterocycles. The van der Waals surface area contributed by atoms with E-state index in [1.54, 1.807) is 5.32 Å². The van der Waals surface area contributed by atoms with Gasteiger partial charge in [-0.3, -0.25) is 9.69 Å². The number of hydrogen-bond acceptors (Lipinski definition) is 2. The van der Waals surface area contributed by atoms with Crippen molar-refractivity contribution in [1.29, 1.82) is 0 Å². The van der Waals surface area contributed by atoms with Crippen molar-refractivity contribution >= 4 is 5.91 Å². The number of nitrogens with one attached hydrogen (secondary N) is 1. The Morgan fingerprint density at radius 1 is 1.11 bits per heavy atom. The number of likely N-dealkylation sites (tertiary alicyclic amines) is 1. The zero-order valence-electron chi connectivity index (χ0n) is 9.44. The first kappa shape index (κ1) is 13.5. The van der Waals surface area contributed by atoms with Crippen molar-refractivity contribution in [2.24, 2.45) is 0 Å². The van der Waals surface area contributed by atoms with Gasteiger partial charge in [-0.05, 0) is 19.3 Å². The standard InChI is InChI=1S/C10H13F5N2O/c11-9(12,10(13,14)15)8(18)16-6-3-4-17(5-6)7-1-2-7/h6-7H,1-5H2,(H,16,18). The van der Waals surface area contributed by atoms with E-state index in [-0.39, 0.29) is 0 Å². The Bertz CT molecular complexity index is 340. The van der Waals surface area contributed by atoms with Crippen LogP contribution in [0.5, 0.6) is 0 Å². The van der Waals surface area contributed by atoms with Crippen LogP contribution in [0.1, 0.15) is 19.3 Å². The van der Waals surface area contributed by atoms with Gasteiger partial charge in [-0.2, -0.15) is 22.0 Å². The van der Waals surface area contributed by atoms with Crippen LogP contribution in [0.15, 0.2) is 0 Å². The molecule has 1 saturated carbocycles. The van der Waals surface area contributed by atoms with Gasteiger partial charge < -0.3 is 5.32 Å². The number of rotatable bonds is 3. The van der Waals surface area contributed by atoms with Gasteiger partial charge in [0.1, 0.15) is 0 Å². The van der Waals surface area contributed by atoms with Crippen LogP contribution in [0.2, 0.25) is 0 Å². The topological polar surface area (TPSA) is 32.3 Å². The molecule has 104 valence electrons. The lowest BCUT2D eigenvalue weighted by Crippen LogP contribution is -2.53. The molecule has 1 N–H and O–H groups in total. The minimum Gasteiger partial charge on any atom is -0.346 e. The SMILES string of the molecule is O=C(NC1CCN(C2CC2)C1)C(F)(F)C(F)(F)F.